The van der Waals surface area contributed by atoms with E-state index >= 15 is 0 Å². The lowest BCUT2D eigenvalue weighted by Gasteiger charge is -2.09. The van der Waals surface area contributed by atoms with Gasteiger partial charge in [-0.2, -0.15) is 0 Å². The molecule has 2 heterocycles. The quantitative estimate of drug-likeness (QED) is 0.778. The van der Waals surface area contributed by atoms with E-state index in [2.05, 4.69) is 15.0 Å². The second-order valence-electron chi connectivity index (χ2n) is 4.98. The minimum absolute atomic E-state index is 0.240. The molecular formula is C15H15FN4. The number of fused-ring (bicyclic) bond motifs is 1. The Hall–Kier alpha value is -2.43. The van der Waals surface area contributed by atoms with Crippen LogP contribution in [0.3, 0.4) is 0 Å². The molecule has 0 aliphatic rings. The topological polar surface area (TPSA) is 44.8 Å². The Morgan fingerprint density at radius 2 is 1.90 bits per heavy atom. The number of hydrogen-bond donors (Lipinski definition) is 1. The van der Waals surface area contributed by atoms with Crippen molar-refractivity contribution in [2.75, 3.05) is 19.0 Å². The molecule has 0 atom stereocenters. The molecule has 1 aromatic carbocycles. The van der Waals surface area contributed by atoms with Gasteiger partial charge in [-0.25, -0.2) is 14.4 Å². The third kappa shape index (κ3) is 2.11. The van der Waals surface area contributed by atoms with Crippen molar-refractivity contribution in [3.63, 3.8) is 0 Å². The molecule has 1 N–H and O–H groups in total. The van der Waals surface area contributed by atoms with Gasteiger partial charge in [-0.05, 0) is 42.8 Å². The number of anilines is 1. The van der Waals surface area contributed by atoms with E-state index in [9.17, 15) is 4.39 Å². The molecule has 0 amide bonds. The molecule has 0 radical (unpaired) electrons. The lowest BCUT2D eigenvalue weighted by Crippen LogP contribution is -2.10. The zero-order valence-electron chi connectivity index (χ0n) is 11.6. The molecule has 0 saturated heterocycles. The molecule has 20 heavy (non-hydrogen) atoms. The Kier molecular flexibility index (Phi) is 2.89. The van der Waals surface area contributed by atoms with Crippen LogP contribution in [0.25, 0.3) is 22.6 Å². The number of hydrogen-bond acceptors (Lipinski definition) is 3. The van der Waals surface area contributed by atoms with Gasteiger partial charge in [-0.15, -0.1) is 0 Å². The number of halogens is 1. The third-order valence-electron chi connectivity index (χ3n) is 3.23. The lowest BCUT2D eigenvalue weighted by atomic mass is 10.1. The summed E-state index contributed by atoms with van der Waals surface area (Å²) in [6, 6.07) is 8.56. The van der Waals surface area contributed by atoms with Crippen molar-refractivity contribution >= 4 is 17.0 Å². The maximum atomic E-state index is 13.2. The first-order valence-corrected chi connectivity index (χ1v) is 6.35. The first kappa shape index (κ1) is 12.6. The fraction of sp³-hybridized carbons (Fsp3) is 0.200. The number of aryl methyl sites for hydroxylation is 1. The summed E-state index contributed by atoms with van der Waals surface area (Å²) in [4.78, 5) is 14.1. The van der Waals surface area contributed by atoms with Crippen LogP contribution in [-0.2, 0) is 0 Å². The van der Waals surface area contributed by atoms with Gasteiger partial charge in [-0.3, -0.25) is 0 Å². The van der Waals surface area contributed by atoms with Crippen molar-refractivity contribution in [1.82, 2.24) is 15.0 Å². The van der Waals surface area contributed by atoms with E-state index in [1.54, 1.807) is 6.07 Å². The molecule has 0 bridgehead atoms. The Morgan fingerprint density at radius 3 is 2.60 bits per heavy atom. The first-order chi connectivity index (χ1) is 9.54. The number of imidazole rings is 1. The molecule has 4 nitrogen and oxygen atoms in total. The van der Waals surface area contributed by atoms with Crippen LogP contribution < -0.4 is 4.90 Å². The van der Waals surface area contributed by atoms with E-state index in [4.69, 9.17) is 0 Å². The van der Waals surface area contributed by atoms with Gasteiger partial charge >= 0.3 is 0 Å². The average Bonchev–Trinajstić information content (AvgIpc) is 2.80. The molecule has 0 fully saturated rings. The van der Waals surface area contributed by atoms with E-state index in [-0.39, 0.29) is 5.82 Å². The van der Waals surface area contributed by atoms with Crippen molar-refractivity contribution in [3.8, 4) is 11.4 Å². The highest BCUT2D eigenvalue weighted by Gasteiger charge is 2.10. The summed E-state index contributed by atoms with van der Waals surface area (Å²) in [5, 5.41) is 0. The van der Waals surface area contributed by atoms with Gasteiger partial charge in [-0.1, -0.05) is 0 Å². The second kappa shape index (κ2) is 4.59. The zero-order valence-corrected chi connectivity index (χ0v) is 11.6. The molecule has 3 rings (SSSR count). The summed E-state index contributed by atoms with van der Waals surface area (Å²) >= 11 is 0. The maximum Gasteiger partial charge on any atom is 0.180 e. The molecule has 0 saturated carbocycles. The molecule has 0 aliphatic carbocycles. The standard InChI is InChI=1S/C15H15FN4/c1-9-8-10(16)4-5-11(9)14-17-12-6-7-13(20(2)3)18-15(12)19-14/h4-8H,1-3H3,(H,17,18,19). The highest BCUT2D eigenvalue weighted by atomic mass is 19.1. The summed E-state index contributed by atoms with van der Waals surface area (Å²) < 4.78 is 13.2. The minimum Gasteiger partial charge on any atom is -0.363 e. The van der Waals surface area contributed by atoms with Gasteiger partial charge in [0.2, 0.25) is 0 Å². The number of nitrogens with zero attached hydrogens (tertiary/aromatic N) is 3. The summed E-state index contributed by atoms with van der Waals surface area (Å²) in [5.41, 5.74) is 3.26. The van der Waals surface area contributed by atoms with E-state index in [0.717, 1.165) is 22.5 Å². The lowest BCUT2D eigenvalue weighted by molar-refractivity contribution is 0.627. The maximum absolute atomic E-state index is 13.2. The number of aromatic nitrogens is 3. The van der Waals surface area contributed by atoms with Crippen LogP contribution in [0, 0.1) is 12.7 Å². The molecule has 3 aromatic rings. The summed E-state index contributed by atoms with van der Waals surface area (Å²) in [6.07, 6.45) is 0. The van der Waals surface area contributed by atoms with Gasteiger partial charge in [0.05, 0.1) is 5.52 Å². The average molecular weight is 270 g/mol. The van der Waals surface area contributed by atoms with E-state index in [1.165, 1.54) is 12.1 Å². The number of benzene rings is 1. The van der Waals surface area contributed by atoms with Crippen LogP contribution in [0.5, 0.6) is 0 Å². The van der Waals surface area contributed by atoms with Crippen LogP contribution >= 0.6 is 0 Å². The predicted molar refractivity (Wildman–Crippen MR) is 78.3 cm³/mol. The van der Waals surface area contributed by atoms with Crippen molar-refractivity contribution in [2.45, 2.75) is 6.92 Å². The number of H-pyrrole nitrogens is 1. The van der Waals surface area contributed by atoms with E-state index in [0.29, 0.717) is 11.5 Å². The smallest absolute Gasteiger partial charge is 0.180 e. The van der Waals surface area contributed by atoms with Gasteiger partial charge in [0, 0.05) is 19.7 Å². The molecule has 0 unspecified atom stereocenters. The Bertz CT molecular complexity index is 777. The first-order valence-electron chi connectivity index (χ1n) is 6.35. The summed E-state index contributed by atoms with van der Waals surface area (Å²) in [5.74, 6) is 1.32. The Morgan fingerprint density at radius 1 is 1.10 bits per heavy atom. The number of nitrogens with one attached hydrogen (secondary N) is 1. The number of rotatable bonds is 2. The fourth-order valence-corrected chi connectivity index (χ4v) is 2.15. The van der Waals surface area contributed by atoms with Crippen LogP contribution in [0.15, 0.2) is 30.3 Å². The highest BCUT2D eigenvalue weighted by molar-refractivity contribution is 5.78. The van der Waals surface area contributed by atoms with Crippen LogP contribution in [0.2, 0.25) is 0 Å². The SMILES string of the molecule is Cc1cc(F)ccc1-c1nc2nc(N(C)C)ccc2[nH]1. The van der Waals surface area contributed by atoms with Crippen LogP contribution in [0.4, 0.5) is 10.2 Å². The summed E-state index contributed by atoms with van der Waals surface area (Å²) in [6.45, 7) is 1.87. The van der Waals surface area contributed by atoms with Crippen molar-refractivity contribution < 1.29 is 4.39 Å². The Labute approximate surface area is 116 Å². The van der Waals surface area contributed by atoms with Crippen molar-refractivity contribution in [2.24, 2.45) is 0 Å². The normalized spacial score (nSPS) is 11.0. The molecule has 5 heteroatoms. The van der Waals surface area contributed by atoms with Gasteiger partial charge in [0.15, 0.2) is 5.65 Å². The third-order valence-corrected chi connectivity index (χ3v) is 3.23. The second-order valence-corrected chi connectivity index (χ2v) is 4.98. The molecule has 0 aliphatic heterocycles. The Balaban J connectivity index is 2.13. The fourth-order valence-electron chi connectivity index (χ4n) is 2.15. The van der Waals surface area contributed by atoms with E-state index < -0.39 is 0 Å². The predicted octanol–water partition coefficient (Wildman–Crippen LogP) is 3.14. The largest absolute Gasteiger partial charge is 0.363 e. The van der Waals surface area contributed by atoms with E-state index in [1.807, 2.05) is 38.1 Å². The monoisotopic (exact) mass is 270 g/mol. The van der Waals surface area contributed by atoms with Gasteiger partial charge < -0.3 is 9.88 Å². The molecule has 2 aromatic heterocycles. The highest BCUT2D eigenvalue weighted by Crippen LogP contribution is 2.24. The van der Waals surface area contributed by atoms with Crippen LogP contribution in [0.1, 0.15) is 5.56 Å². The number of aromatic amines is 1. The minimum atomic E-state index is -0.240. The number of pyridine rings is 1. The van der Waals surface area contributed by atoms with Crippen molar-refractivity contribution in [3.05, 3.63) is 41.7 Å². The van der Waals surface area contributed by atoms with Crippen molar-refractivity contribution in [1.29, 1.82) is 0 Å². The molecule has 102 valence electrons. The molecular weight excluding hydrogens is 255 g/mol. The zero-order chi connectivity index (χ0) is 14.3. The molecule has 0 spiro atoms. The van der Waals surface area contributed by atoms with Gasteiger partial charge in [0.1, 0.15) is 17.5 Å². The summed E-state index contributed by atoms with van der Waals surface area (Å²) in [7, 11) is 3.87. The van der Waals surface area contributed by atoms with Crippen LogP contribution in [-0.4, -0.2) is 29.0 Å². The van der Waals surface area contributed by atoms with Gasteiger partial charge in [0.25, 0.3) is 0 Å².